The molecule has 0 aliphatic heterocycles. The lowest BCUT2D eigenvalue weighted by Gasteiger charge is -2.24. The van der Waals surface area contributed by atoms with Gasteiger partial charge in [-0.15, -0.1) is 0 Å². The number of carbonyl (C=O) groups is 4. The van der Waals surface area contributed by atoms with Crippen molar-refractivity contribution < 1.29 is 29.4 Å². The van der Waals surface area contributed by atoms with Crippen molar-refractivity contribution in [3.8, 4) is 0 Å². The zero-order valence-corrected chi connectivity index (χ0v) is 18.6. The number of aliphatic carboxylic acids is 1. The molecule has 31 heavy (non-hydrogen) atoms. The number of imidazole rings is 1. The number of aliphatic hydroxyl groups excluding tert-OH is 1. The Morgan fingerprint density at radius 1 is 1.16 bits per heavy atom. The van der Waals surface area contributed by atoms with E-state index in [1.807, 2.05) is 6.26 Å². The SMILES string of the molecule is CSCCC(NC(=O)C(N)CS)C(=O)NC(CO)C(=O)NC(Cc1cnc[nH]1)C(=O)O. The highest BCUT2D eigenvalue weighted by atomic mass is 32.2. The fourth-order valence-corrected chi connectivity index (χ4v) is 3.06. The quantitative estimate of drug-likeness (QED) is 0.134. The Balaban J connectivity index is 2.80. The van der Waals surface area contributed by atoms with Crippen molar-refractivity contribution in [3.05, 3.63) is 18.2 Å². The number of hydrogen-bond donors (Lipinski definition) is 8. The maximum atomic E-state index is 12.6. The van der Waals surface area contributed by atoms with E-state index in [-0.39, 0.29) is 18.6 Å². The smallest absolute Gasteiger partial charge is 0.326 e. The van der Waals surface area contributed by atoms with E-state index in [0.29, 0.717) is 11.4 Å². The molecule has 0 aliphatic carbocycles. The first kappa shape index (κ1) is 26.7. The molecule has 0 bridgehead atoms. The summed E-state index contributed by atoms with van der Waals surface area (Å²) in [6.45, 7) is -0.771. The molecular weight excluding hydrogens is 448 g/mol. The Morgan fingerprint density at radius 3 is 2.29 bits per heavy atom. The zero-order valence-electron chi connectivity index (χ0n) is 16.9. The first-order chi connectivity index (χ1) is 14.7. The molecule has 0 saturated heterocycles. The molecule has 4 unspecified atom stereocenters. The molecule has 0 aliphatic rings. The second-order valence-electron chi connectivity index (χ2n) is 6.56. The number of amides is 3. The molecule has 0 fully saturated rings. The van der Waals surface area contributed by atoms with E-state index < -0.39 is 54.5 Å². The van der Waals surface area contributed by atoms with Crippen LogP contribution in [-0.4, -0.2) is 92.4 Å². The van der Waals surface area contributed by atoms with Gasteiger partial charge in [0, 0.05) is 24.1 Å². The average Bonchev–Trinajstić information content (AvgIpc) is 3.26. The lowest BCUT2D eigenvalue weighted by atomic mass is 10.1. The van der Waals surface area contributed by atoms with Crippen molar-refractivity contribution in [1.29, 1.82) is 0 Å². The molecule has 12 nitrogen and oxygen atoms in total. The van der Waals surface area contributed by atoms with Crippen LogP contribution in [0, 0.1) is 0 Å². The number of hydrogen-bond acceptors (Lipinski definition) is 9. The standard InChI is InChI=1S/C17H28N6O6S2/c1-31-3-2-11(21-14(25)10(18)7-30)15(26)23-13(6-24)16(27)22-12(17(28)29)4-9-5-19-8-20-9/h5,8,10-13,24,30H,2-4,6-7,18H2,1H3,(H,19,20)(H,21,25)(H,22,27)(H,23,26)(H,28,29). The van der Waals surface area contributed by atoms with Crippen LogP contribution >= 0.6 is 24.4 Å². The number of carboxylic acid groups (broad SMARTS) is 1. The van der Waals surface area contributed by atoms with Crippen molar-refractivity contribution in [1.82, 2.24) is 25.9 Å². The third-order valence-corrected chi connectivity index (χ3v) is 5.22. The minimum atomic E-state index is -1.41. The summed E-state index contributed by atoms with van der Waals surface area (Å²) in [4.78, 5) is 55.1. The van der Waals surface area contributed by atoms with Crippen LogP contribution < -0.4 is 21.7 Å². The molecule has 1 heterocycles. The third-order valence-electron chi connectivity index (χ3n) is 4.19. The van der Waals surface area contributed by atoms with Gasteiger partial charge < -0.3 is 36.9 Å². The van der Waals surface area contributed by atoms with Gasteiger partial charge in [0.2, 0.25) is 17.7 Å². The van der Waals surface area contributed by atoms with Crippen molar-refractivity contribution in [2.24, 2.45) is 5.73 Å². The molecule has 4 atom stereocenters. The van der Waals surface area contributed by atoms with Crippen LogP contribution in [0.3, 0.4) is 0 Å². The first-order valence-electron chi connectivity index (χ1n) is 9.30. The number of H-pyrrole nitrogens is 1. The lowest BCUT2D eigenvalue weighted by Crippen LogP contribution is -2.58. The zero-order chi connectivity index (χ0) is 23.4. The van der Waals surface area contributed by atoms with E-state index >= 15 is 0 Å². The van der Waals surface area contributed by atoms with Gasteiger partial charge in [0.1, 0.15) is 18.1 Å². The van der Waals surface area contributed by atoms with Crippen LogP contribution in [0.5, 0.6) is 0 Å². The number of aliphatic hydroxyl groups is 1. The number of carbonyl (C=O) groups excluding carboxylic acids is 3. The summed E-state index contributed by atoms with van der Waals surface area (Å²) in [5.74, 6) is -2.84. The van der Waals surface area contributed by atoms with Crippen LogP contribution in [0.1, 0.15) is 12.1 Å². The van der Waals surface area contributed by atoms with Crippen molar-refractivity contribution >= 4 is 48.1 Å². The summed E-state index contributed by atoms with van der Waals surface area (Å²) in [6, 6.07) is -4.63. The number of nitrogens with zero attached hydrogens (tertiary/aromatic N) is 1. The number of rotatable bonds is 14. The van der Waals surface area contributed by atoms with E-state index in [2.05, 4.69) is 38.5 Å². The lowest BCUT2D eigenvalue weighted by molar-refractivity contribution is -0.142. The highest BCUT2D eigenvalue weighted by Crippen LogP contribution is 2.04. The third kappa shape index (κ3) is 9.16. The van der Waals surface area contributed by atoms with Crippen molar-refractivity contribution in [2.45, 2.75) is 37.0 Å². The van der Waals surface area contributed by atoms with Crippen LogP contribution in [0.2, 0.25) is 0 Å². The van der Waals surface area contributed by atoms with Gasteiger partial charge >= 0.3 is 5.97 Å². The molecule has 1 aromatic heterocycles. The molecular formula is C17H28N6O6S2. The van der Waals surface area contributed by atoms with Crippen molar-refractivity contribution in [2.75, 3.05) is 24.4 Å². The topological polar surface area (TPSA) is 200 Å². The van der Waals surface area contributed by atoms with Gasteiger partial charge in [-0.3, -0.25) is 14.4 Å². The second-order valence-corrected chi connectivity index (χ2v) is 7.91. The van der Waals surface area contributed by atoms with Crippen LogP contribution in [0.25, 0.3) is 0 Å². The number of thioether (sulfide) groups is 1. The summed E-state index contributed by atoms with van der Waals surface area (Å²) >= 11 is 5.40. The maximum Gasteiger partial charge on any atom is 0.326 e. The number of aromatic nitrogens is 2. The highest BCUT2D eigenvalue weighted by molar-refractivity contribution is 7.98. The van der Waals surface area contributed by atoms with E-state index in [9.17, 15) is 29.4 Å². The second kappa shape index (κ2) is 13.9. The molecule has 8 N–H and O–H groups in total. The van der Waals surface area contributed by atoms with Gasteiger partial charge in [0.05, 0.1) is 19.0 Å². The van der Waals surface area contributed by atoms with Crippen LogP contribution in [0.4, 0.5) is 0 Å². The van der Waals surface area contributed by atoms with Gasteiger partial charge in [-0.25, -0.2) is 9.78 Å². The monoisotopic (exact) mass is 476 g/mol. The molecule has 0 saturated carbocycles. The molecule has 14 heteroatoms. The van der Waals surface area contributed by atoms with Gasteiger partial charge in [-0.05, 0) is 18.4 Å². The van der Waals surface area contributed by atoms with E-state index in [1.165, 1.54) is 24.3 Å². The Labute approximate surface area is 188 Å². The fourth-order valence-electron chi connectivity index (χ4n) is 2.42. The van der Waals surface area contributed by atoms with Crippen LogP contribution in [0.15, 0.2) is 12.5 Å². The molecule has 174 valence electrons. The number of aromatic amines is 1. The normalized spacial score (nSPS) is 14.7. The Hall–Kier alpha value is -2.29. The van der Waals surface area contributed by atoms with Gasteiger partial charge in [0.25, 0.3) is 0 Å². The maximum absolute atomic E-state index is 12.6. The Kier molecular flexibility index (Phi) is 12.0. The van der Waals surface area contributed by atoms with E-state index in [4.69, 9.17) is 5.73 Å². The predicted octanol–water partition coefficient (Wildman–Crippen LogP) is -2.51. The fraction of sp³-hybridized carbons (Fsp3) is 0.588. The molecule has 0 spiro atoms. The summed E-state index contributed by atoms with van der Waals surface area (Å²) in [5, 5.41) is 26.0. The number of thiol groups is 1. The predicted molar refractivity (Wildman–Crippen MR) is 118 cm³/mol. The molecule has 0 aromatic carbocycles. The van der Waals surface area contributed by atoms with E-state index in [0.717, 1.165) is 0 Å². The largest absolute Gasteiger partial charge is 0.480 e. The Morgan fingerprint density at radius 2 is 1.77 bits per heavy atom. The number of carboxylic acids is 1. The Bertz CT molecular complexity index is 735. The summed E-state index contributed by atoms with van der Waals surface area (Å²) in [5.41, 5.74) is 6.10. The molecule has 3 amide bonds. The summed E-state index contributed by atoms with van der Waals surface area (Å²) in [7, 11) is 0. The summed E-state index contributed by atoms with van der Waals surface area (Å²) in [6.07, 6.45) is 4.81. The number of nitrogens with two attached hydrogens (primary N) is 1. The minimum Gasteiger partial charge on any atom is -0.480 e. The number of nitrogens with one attached hydrogen (secondary N) is 4. The summed E-state index contributed by atoms with van der Waals surface area (Å²) < 4.78 is 0. The van der Waals surface area contributed by atoms with Gasteiger partial charge in [-0.2, -0.15) is 24.4 Å². The highest BCUT2D eigenvalue weighted by Gasteiger charge is 2.30. The van der Waals surface area contributed by atoms with Crippen molar-refractivity contribution in [3.63, 3.8) is 0 Å². The minimum absolute atomic E-state index is 0.0683. The molecule has 0 radical (unpaired) electrons. The molecule has 1 aromatic rings. The van der Waals surface area contributed by atoms with Crippen LogP contribution in [-0.2, 0) is 25.6 Å². The van der Waals surface area contributed by atoms with Gasteiger partial charge in [0.15, 0.2) is 0 Å². The molecule has 1 rings (SSSR count). The van der Waals surface area contributed by atoms with E-state index in [1.54, 1.807) is 0 Å². The first-order valence-corrected chi connectivity index (χ1v) is 11.3. The average molecular weight is 477 g/mol. The van der Waals surface area contributed by atoms with Gasteiger partial charge in [-0.1, -0.05) is 0 Å².